The molecule has 1 aliphatic heterocycles. The molecule has 1 aromatic carbocycles. The van der Waals surface area contributed by atoms with Crippen molar-refractivity contribution in [3.05, 3.63) is 63.9 Å². The summed E-state index contributed by atoms with van der Waals surface area (Å²) in [6.07, 6.45) is 3.71. The van der Waals surface area contributed by atoms with E-state index >= 15 is 0 Å². The number of carbonyl (C=O) groups is 2. The molecule has 2 atom stereocenters. The SMILES string of the molecule is Cc1cc(Br)ccc1[C@@H]1C(=O)NC(=O)C[C@H]1c1cccnc1. The molecule has 2 heterocycles. The lowest BCUT2D eigenvalue weighted by atomic mass is 9.76. The number of nitrogens with zero attached hydrogens (tertiary/aromatic N) is 1. The van der Waals surface area contributed by atoms with Gasteiger partial charge in [0.05, 0.1) is 5.92 Å². The van der Waals surface area contributed by atoms with E-state index in [2.05, 4.69) is 26.2 Å². The lowest BCUT2D eigenvalue weighted by molar-refractivity contribution is -0.135. The highest BCUT2D eigenvalue weighted by molar-refractivity contribution is 9.10. The van der Waals surface area contributed by atoms with Crippen LogP contribution in [-0.2, 0) is 9.59 Å². The van der Waals surface area contributed by atoms with E-state index in [1.54, 1.807) is 12.4 Å². The molecule has 1 fully saturated rings. The second kappa shape index (κ2) is 6.01. The van der Waals surface area contributed by atoms with Crippen LogP contribution in [0.5, 0.6) is 0 Å². The number of rotatable bonds is 2. The molecule has 1 aromatic heterocycles. The Morgan fingerprint density at radius 2 is 2.09 bits per heavy atom. The quantitative estimate of drug-likeness (QED) is 0.839. The molecule has 0 aliphatic carbocycles. The zero-order valence-corrected chi connectivity index (χ0v) is 13.6. The molecule has 1 aliphatic rings. The number of hydrogen-bond acceptors (Lipinski definition) is 3. The molecule has 0 bridgehead atoms. The van der Waals surface area contributed by atoms with Crippen molar-refractivity contribution >= 4 is 27.7 Å². The molecule has 1 saturated heterocycles. The number of hydrogen-bond donors (Lipinski definition) is 1. The Morgan fingerprint density at radius 3 is 2.77 bits per heavy atom. The summed E-state index contributed by atoms with van der Waals surface area (Å²) in [5.41, 5.74) is 2.89. The second-order valence-corrected chi connectivity index (χ2v) is 6.40. The summed E-state index contributed by atoms with van der Waals surface area (Å²) in [6.45, 7) is 1.98. The van der Waals surface area contributed by atoms with Crippen LogP contribution in [0.4, 0.5) is 0 Å². The summed E-state index contributed by atoms with van der Waals surface area (Å²) in [5, 5.41) is 2.46. The maximum absolute atomic E-state index is 12.5. The van der Waals surface area contributed by atoms with Crippen LogP contribution in [0.2, 0.25) is 0 Å². The van der Waals surface area contributed by atoms with Gasteiger partial charge in [-0.25, -0.2) is 0 Å². The average Bonchev–Trinajstić information content (AvgIpc) is 2.49. The molecule has 22 heavy (non-hydrogen) atoms. The van der Waals surface area contributed by atoms with Gasteiger partial charge < -0.3 is 0 Å². The van der Waals surface area contributed by atoms with Crippen LogP contribution < -0.4 is 5.32 Å². The lowest BCUT2D eigenvalue weighted by Crippen LogP contribution is -2.43. The first-order valence-corrected chi connectivity index (χ1v) is 7.85. The van der Waals surface area contributed by atoms with Crippen LogP contribution >= 0.6 is 15.9 Å². The standard InChI is InChI=1S/C17H15BrN2O2/c1-10-7-12(18)4-5-13(10)16-14(8-15(21)20-17(16)22)11-3-2-6-19-9-11/h2-7,9,14,16H,8H2,1H3,(H,20,21,22)/t14-,16-/m0/s1. The highest BCUT2D eigenvalue weighted by Gasteiger charge is 2.38. The van der Waals surface area contributed by atoms with Crippen molar-refractivity contribution in [3.63, 3.8) is 0 Å². The van der Waals surface area contributed by atoms with Gasteiger partial charge in [0.2, 0.25) is 11.8 Å². The number of nitrogens with one attached hydrogen (secondary N) is 1. The topological polar surface area (TPSA) is 59.1 Å². The monoisotopic (exact) mass is 358 g/mol. The van der Waals surface area contributed by atoms with Crippen molar-refractivity contribution < 1.29 is 9.59 Å². The zero-order valence-electron chi connectivity index (χ0n) is 12.0. The molecule has 0 saturated carbocycles. The molecule has 2 amide bonds. The summed E-state index contributed by atoms with van der Waals surface area (Å²) in [6, 6.07) is 9.61. The van der Waals surface area contributed by atoms with Crippen LogP contribution in [0.3, 0.4) is 0 Å². The second-order valence-electron chi connectivity index (χ2n) is 5.49. The fourth-order valence-corrected chi connectivity index (χ4v) is 3.49. The number of benzene rings is 1. The molecule has 112 valence electrons. The van der Waals surface area contributed by atoms with Crippen LogP contribution in [0, 0.1) is 6.92 Å². The van der Waals surface area contributed by atoms with E-state index in [-0.39, 0.29) is 30.1 Å². The third-order valence-electron chi connectivity index (χ3n) is 4.03. The van der Waals surface area contributed by atoms with Gasteiger partial charge in [0.25, 0.3) is 0 Å². The van der Waals surface area contributed by atoms with Crippen molar-refractivity contribution in [2.75, 3.05) is 0 Å². The molecule has 2 aromatic rings. The molecular weight excluding hydrogens is 344 g/mol. The molecule has 4 nitrogen and oxygen atoms in total. The largest absolute Gasteiger partial charge is 0.296 e. The van der Waals surface area contributed by atoms with Gasteiger partial charge in [0.1, 0.15) is 0 Å². The number of amides is 2. The average molecular weight is 359 g/mol. The Labute approximate surface area is 137 Å². The Hall–Kier alpha value is -2.01. The number of halogens is 1. The minimum Gasteiger partial charge on any atom is -0.296 e. The van der Waals surface area contributed by atoms with E-state index < -0.39 is 0 Å². The maximum Gasteiger partial charge on any atom is 0.234 e. The van der Waals surface area contributed by atoms with Crippen LogP contribution in [-0.4, -0.2) is 16.8 Å². The highest BCUT2D eigenvalue weighted by atomic mass is 79.9. The first-order valence-electron chi connectivity index (χ1n) is 7.06. The first-order chi connectivity index (χ1) is 10.6. The van der Waals surface area contributed by atoms with E-state index in [1.807, 2.05) is 37.3 Å². The number of aromatic nitrogens is 1. The molecular formula is C17H15BrN2O2. The smallest absolute Gasteiger partial charge is 0.234 e. The fourth-order valence-electron chi connectivity index (χ4n) is 3.02. The summed E-state index contributed by atoms with van der Waals surface area (Å²) in [5.74, 6) is -1.04. The fraction of sp³-hybridized carbons (Fsp3) is 0.235. The van der Waals surface area contributed by atoms with Crippen molar-refractivity contribution in [3.8, 4) is 0 Å². The van der Waals surface area contributed by atoms with Crippen LogP contribution in [0.25, 0.3) is 0 Å². The number of imide groups is 1. The molecule has 0 spiro atoms. The van der Waals surface area contributed by atoms with Gasteiger partial charge in [0, 0.05) is 29.2 Å². The predicted octanol–water partition coefficient (Wildman–Crippen LogP) is 3.07. The van der Waals surface area contributed by atoms with E-state index in [4.69, 9.17) is 0 Å². The Kier molecular flexibility index (Phi) is 4.07. The Bertz CT molecular complexity index is 731. The molecule has 0 unspecified atom stereocenters. The Morgan fingerprint density at radius 1 is 1.27 bits per heavy atom. The molecule has 0 radical (unpaired) electrons. The molecule has 5 heteroatoms. The third kappa shape index (κ3) is 2.81. The molecule has 1 N–H and O–H groups in total. The normalized spacial score (nSPS) is 21.5. The highest BCUT2D eigenvalue weighted by Crippen LogP contribution is 2.39. The molecule has 3 rings (SSSR count). The number of aryl methyl sites for hydroxylation is 1. The van der Waals surface area contributed by atoms with Crippen molar-refractivity contribution in [2.45, 2.75) is 25.2 Å². The van der Waals surface area contributed by atoms with Gasteiger partial charge in [-0.3, -0.25) is 19.9 Å². The van der Waals surface area contributed by atoms with Crippen molar-refractivity contribution in [1.82, 2.24) is 10.3 Å². The van der Waals surface area contributed by atoms with Gasteiger partial charge in [-0.15, -0.1) is 0 Å². The number of piperidine rings is 1. The van der Waals surface area contributed by atoms with Gasteiger partial charge >= 0.3 is 0 Å². The van der Waals surface area contributed by atoms with E-state index in [0.29, 0.717) is 0 Å². The van der Waals surface area contributed by atoms with E-state index in [1.165, 1.54) is 0 Å². The van der Waals surface area contributed by atoms with Crippen LogP contribution in [0.1, 0.15) is 34.9 Å². The summed E-state index contributed by atoms with van der Waals surface area (Å²) in [7, 11) is 0. The minimum atomic E-state index is -0.380. The minimum absolute atomic E-state index is 0.185. The third-order valence-corrected chi connectivity index (χ3v) is 4.53. The summed E-state index contributed by atoms with van der Waals surface area (Å²) < 4.78 is 0.971. The van der Waals surface area contributed by atoms with Crippen molar-refractivity contribution in [1.29, 1.82) is 0 Å². The first kappa shape index (κ1) is 14.9. The number of carbonyl (C=O) groups excluding carboxylic acids is 2. The van der Waals surface area contributed by atoms with Crippen LogP contribution in [0.15, 0.2) is 47.2 Å². The number of pyridine rings is 1. The summed E-state index contributed by atoms with van der Waals surface area (Å²) in [4.78, 5) is 28.4. The Balaban J connectivity index is 2.08. The van der Waals surface area contributed by atoms with Gasteiger partial charge in [-0.05, 0) is 41.8 Å². The van der Waals surface area contributed by atoms with Crippen molar-refractivity contribution in [2.24, 2.45) is 0 Å². The maximum atomic E-state index is 12.5. The zero-order chi connectivity index (χ0) is 15.7. The lowest BCUT2D eigenvalue weighted by Gasteiger charge is -2.31. The van der Waals surface area contributed by atoms with E-state index in [9.17, 15) is 9.59 Å². The van der Waals surface area contributed by atoms with Gasteiger partial charge in [-0.1, -0.05) is 28.1 Å². The van der Waals surface area contributed by atoms with E-state index in [0.717, 1.165) is 21.2 Å². The van der Waals surface area contributed by atoms with Gasteiger partial charge in [0.15, 0.2) is 0 Å². The van der Waals surface area contributed by atoms with Gasteiger partial charge in [-0.2, -0.15) is 0 Å². The summed E-state index contributed by atoms with van der Waals surface area (Å²) >= 11 is 3.44. The predicted molar refractivity (Wildman–Crippen MR) is 86.4 cm³/mol.